The molecule has 1 aliphatic rings. The second-order valence-electron chi connectivity index (χ2n) is 7.54. The SMILES string of the molecule is CCOC(=O)[C@@H]1C(=O)N(CCOC)c2nc3ccccc3n2[C@@H]1c1ccc(OC)c(OC)c1. The van der Waals surface area contributed by atoms with Crippen molar-refractivity contribution >= 4 is 28.9 Å². The van der Waals surface area contributed by atoms with Gasteiger partial charge in [0.1, 0.15) is 0 Å². The van der Waals surface area contributed by atoms with Gasteiger partial charge in [0.2, 0.25) is 11.9 Å². The molecule has 0 unspecified atom stereocenters. The van der Waals surface area contributed by atoms with E-state index in [0.717, 1.165) is 11.0 Å². The first-order valence-electron chi connectivity index (χ1n) is 10.7. The molecule has 2 atom stereocenters. The Kier molecular flexibility index (Phi) is 6.50. The molecule has 9 nitrogen and oxygen atoms in total. The molecule has 174 valence electrons. The summed E-state index contributed by atoms with van der Waals surface area (Å²) < 4.78 is 23.4. The van der Waals surface area contributed by atoms with Crippen molar-refractivity contribution in [1.29, 1.82) is 0 Å². The van der Waals surface area contributed by atoms with Gasteiger partial charge in [-0.15, -0.1) is 0 Å². The van der Waals surface area contributed by atoms with E-state index in [1.165, 1.54) is 4.90 Å². The van der Waals surface area contributed by atoms with E-state index < -0.39 is 17.9 Å². The zero-order valence-electron chi connectivity index (χ0n) is 19.1. The maximum atomic E-state index is 13.7. The summed E-state index contributed by atoms with van der Waals surface area (Å²) in [7, 11) is 4.66. The molecule has 1 amide bonds. The molecule has 2 heterocycles. The maximum Gasteiger partial charge on any atom is 0.321 e. The van der Waals surface area contributed by atoms with Crippen LogP contribution in [-0.2, 0) is 19.1 Å². The van der Waals surface area contributed by atoms with Crippen LogP contribution in [0.2, 0.25) is 0 Å². The Morgan fingerprint density at radius 1 is 1.06 bits per heavy atom. The summed E-state index contributed by atoms with van der Waals surface area (Å²) in [6, 6.07) is 12.3. The number of amides is 1. The first-order valence-corrected chi connectivity index (χ1v) is 10.7. The van der Waals surface area contributed by atoms with Crippen LogP contribution in [0.1, 0.15) is 18.5 Å². The smallest absolute Gasteiger partial charge is 0.321 e. The van der Waals surface area contributed by atoms with Crippen LogP contribution in [0.15, 0.2) is 42.5 Å². The van der Waals surface area contributed by atoms with Crippen LogP contribution in [0.3, 0.4) is 0 Å². The molecule has 0 saturated heterocycles. The van der Waals surface area contributed by atoms with Gasteiger partial charge in [0.15, 0.2) is 17.4 Å². The molecule has 0 spiro atoms. The van der Waals surface area contributed by atoms with Crippen LogP contribution in [0.25, 0.3) is 11.0 Å². The third kappa shape index (κ3) is 3.89. The number of methoxy groups -OCH3 is 3. The summed E-state index contributed by atoms with van der Waals surface area (Å²) in [6.07, 6.45) is 0. The van der Waals surface area contributed by atoms with Gasteiger partial charge in [-0.2, -0.15) is 0 Å². The summed E-state index contributed by atoms with van der Waals surface area (Å²) in [4.78, 5) is 33.1. The highest BCUT2D eigenvalue weighted by atomic mass is 16.5. The van der Waals surface area contributed by atoms with Crippen LogP contribution in [0.5, 0.6) is 11.5 Å². The number of nitrogens with zero attached hydrogens (tertiary/aromatic N) is 3. The minimum Gasteiger partial charge on any atom is -0.493 e. The number of carbonyl (C=O) groups is 2. The zero-order chi connectivity index (χ0) is 23.5. The van der Waals surface area contributed by atoms with E-state index in [2.05, 4.69) is 0 Å². The molecule has 4 rings (SSSR count). The van der Waals surface area contributed by atoms with Crippen molar-refractivity contribution in [1.82, 2.24) is 9.55 Å². The number of fused-ring (bicyclic) bond motifs is 3. The fourth-order valence-corrected chi connectivity index (χ4v) is 4.28. The van der Waals surface area contributed by atoms with E-state index in [-0.39, 0.29) is 19.1 Å². The molecule has 0 fully saturated rings. The van der Waals surface area contributed by atoms with E-state index in [0.29, 0.717) is 29.6 Å². The Morgan fingerprint density at radius 3 is 2.52 bits per heavy atom. The topological polar surface area (TPSA) is 92.1 Å². The Balaban J connectivity index is 1.98. The Labute approximate surface area is 191 Å². The summed E-state index contributed by atoms with van der Waals surface area (Å²) in [6.45, 7) is 2.44. The summed E-state index contributed by atoms with van der Waals surface area (Å²) in [5.41, 5.74) is 2.23. The number of benzene rings is 2. The van der Waals surface area contributed by atoms with Crippen LogP contribution in [0, 0.1) is 5.92 Å². The highest BCUT2D eigenvalue weighted by Gasteiger charge is 2.48. The third-order valence-electron chi connectivity index (χ3n) is 5.75. The predicted octanol–water partition coefficient (Wildman–Crippen LogP) is 2.82. The molecule has 3 aromatic rings. The molecule has 9 heteroatoms. The number of ether oxygens (including phenoxy) is 4. The molecule has 1 aromatic heterocycles. The van der Waals surface area contributed by atoms with E-state index in [9.17, 15) is 9.59 Å². The molecule has 2 aromatic carbocycles. The fraction of sp³-hybridized carbons (Fsp3) is 0.375. The number of hydrogen-bond acceptors (Lipinski definition) is 7. The normalized spacial score (nSPS) is 17.7. The summed E-state index contributed by atoms with van der Waals surface area (Å²) in [5.74, 6) is -0.573. The standard InChI is InChI=1S/C24H27N3O6/c1-5-33-23(29)20-21(15-10-11-18(31-3)19(14-15)32-4)27-17-9-7-6-8-16(17)25-24(27)26(22(20)28)12-13-30-2/h6-11,14,20-21H,5,12-13H2,1-4H3/t20-,21+/m0/s1. The van der Waals surface area contributed by atoms with Crippen molar-refractivity contribution in [2.75, 3.05) is 46.0 Å². The van der Waals surface area contributed by atoms with E-state index in [4.69, 9.17) is 23.9 Å². The van der Waals surface area contributed by atoms with Gasteiger partial charge >= 0.3 is 5.97 Å². The number of carbonyl (C=O) groups excluding carboxylic acids is 2. The van der Waals surface area contributed by atoms with Gasteiger partial charge in [-0.3, -0.25) is 14.5 Å². The number of aromatic nitrogens is 2. The van der Waals surface area contributed by atoms with E-state index >= 15 is 0 Å². The molecule has 33 heavy (non-hydrogen) atoms. The van der Waals surface area contributed by atoms with Gasteiger partial charge in [0, 0.05) is 7.11 Å². The van der Waals surface area contributed by atoms with Crippen molar-refractivity contribution in [3.63, 3.8) is 0 Å². The number of hydrogen-bond donors (Lipinski definition) is 0. The second-order valence-corrected chi connectivity index (χ2v) is 7.54. The van der Waals surface area contributed by atoms with Gasteiger partial charge in [0.05, 0.1) is 51.1 Å². The minimum absolute atomic E-state index is 0.164. The van der Waals surface area contributed by atoms with Crippen LogP contribution >= 0.6 is 0 Å². The highest BCUT2D eigenvalue weighted by Crippen LogP contribution is 2.43. The largest absolute Gasteiger partial charge is 0.493 e. The lowest BCUT2D eigenvalue weighted by Gasteiger charge is -2.38. The van der Waals surface area contributed by atoms with Crippen molar-refractivity contribution in [2.45, 2.75) is 13.0 Å². The average Bonchev–Trinajstić information content (AvgIpc) is 3.21. The van der Waals surface area contributed by atoms with Gasteiger partial charge in [0.25, 0.3) is 0 Å². The predicted molar refractivity (Wildman–Crippen MR) is 122 cm³/mol. The lowest BCUT2D eigenvalue weighted by molar-refractivity contribution is -0.153. The monoisotopic (exact) mass is 453 g/mol. The summed E-state index contributed by atoms with van der Waals surface area (Å²) in [5, 5.41) is 0. The minimum atomic E-state index is -1.11. The quantitative estimate of drug-likeness (QED) is 0.383. The highest BCUT2D eigenvalue weighted by molar-refractivity contribution is 6.08. The lowest BCUT2D eigenvalue weighted by atomic mass is 9.89. The van der Waals surface area contributed by atoms with Gasteiger partial charge in [-0.1, -0.05) is 18.2 Å². The number of para-hydroxylation sites is 2. The molecule has 0 aliphatic carbocycles. The molecular formula is C24H27N3O6. The number of rotatable bonds is 8. The second kappa shape index (κ2) is 9.50. The van der Waals surface area contributed by atoms with Gasteiger partial charge in [-0.25, -0.2) is 4.98 Å². The Morgan fingerprint density at radius 2 is 1.82 bits per heavy atom. The van der Waals surface area contributed by atoms with Crippen molar-refractivity contribution in [3.8, 4) is 11.5 Å². The lowest BCUT2D eigenvalue weighted by Crippen LogP contribution is -2.51. The molecule has 0 saturated carbocycles. The Bertz CT molecular complexity index is 1170. The zero-order valence-corrected chi connectivity index (χ0v) is 19.1. The van der Waals surface area contributed by atoms with Crippen LogP contribution in [-0.4, -0.2) is 62.5 Å². The molecule has 1 aliphatic heterocycles. The van der Waals surface area contributed by atoms with Gasteiger partial charge in [-0.05, 0) is 36.8 Å². The summed E-state index contributed by atoms with van der Waals surface area (Å²) >= 11 is 0. The van der Waals surface area contributed by atoms with Crippen molar-refractivity contribution in [3.05, 3.63) is 48.0 Å². The maximum absolute atomic E-state index is 13.7. The fourth-order valence-electron chi connectivity index (χ4n) is 4.28. The van der Waals surface area contributed by atoms with Gasteiger partial charge < -0.3 is 23.5 Å². The molecule has 0 bridgehead atoms. The average molecular weight is 453 g/mol. The Hall–Kier alpha value is -3.59. The van der Waals surface area contributed by atoms with Crippen LogP contribution in [0.4, 0.5) is 5.95 Å². The first-order chi connectivity index (χ1) is 16.0. The third-order valence-corrected chi connectivity index (χ3v) is 5.75. The number of anilines is 1. The molecule has 0 N–H and O–H groups in total. The molecular weight excluding hydrogens is 426 g/mol. The number of imidazole rings is 1. The van der Waals surface area contributed by atoms with E-state index in [1.54, 1.807) is 40.4 Å². The van der Waals surface area contributed by atoms with Crippen molar-refractivity contribution < 1.29 is 28.5 Å². The first kappa shape index (κ1) is 22.6. The van der Waals surface area contributed by atoms with Crippen molar-refractivity contribution in [2.24, 2.45) is 5.92 Å². The number of esters is 1. The molecule has 0 radical (unpaired) electrons. The van der Waals surface area contributed by atoms with E-state index in [1.807, 2.05) is 34.9 Å². The van der Waals surface area contributed by atoms with Crippen LogP contribution < -0.4 is 14.4 Å².